The van der Waals surface area contributed by atoms with E-state index in [2.05, 4.69) is 6.92 Å². The predicted octanol–water partition coefficient (Wildman–Crippen LogP) is 0.476. The van der Waals surface area contributed by atoms with Gasteiger partial charge in [-0.3, -0.25) is 4.79 Å². The number of aliphatic hydroxyl groups excluding tert-OH is 4. The molecule has 4 rings (SSSR count). The SMILES string of the molecule is CN(CCO)C[C@@H](O)[C@H]1CC[C@@]2(O)C3=CC(=O)[C@@H]4C[C@@H](O)[C@@H](O)C[C@]4(C)C3CC[C@]12C. The highest BCUT2D eigenvalue weighted by atomic mass is 16.3. The minimum Gasteiger partial charge on any atom is -0.395 e. The third-order valence-corrected chi connectivity index (χ3v) is 9.63. The molecule has 3 fully saturated rings. The predicted molar refractivity (Wildman–Crippen MR) is 115 cm³/mol. The summed E-state index contributed by atoms with van der Waals surface area (Å²) in [5.74, 6) is -0.491. The van der Waals surface area contributed by atoms with Crippen molar-refractivity contribution in [3.05, 3.63) is 11.6 Å². The van der Waals surface area contributed by atoms with Crippen LogP contribution in [0.25, 0.3) is 0 Å². The molecule has 0 aliphatic heterocycles. The Kier molecular flexibility index (Phi) is 5.94. The van der Waals surface area contributed by atoms with Gasteiger partial charge in [-0.2, -0.15) is 0 Å². The van der Waals surface area contributed by atoms with Crippen molar-refractivity contribution in [2.45, 2.75) is 76.3 Å². The van der Waals surface area contributed by atoms with Crippen LogP contribution in [-0.2, 0) is 4.79 Å². The van der Waals surface area contributed by atoms with Crippen molar-refractivity contribution < 1.29 is 30.3 Å². The molecule has 0 aromatic carbocycles. The molecule has 7 nitrogen and oxygen atoms in total. The second-order valence-electron chi connectivity index (χ2n) is 11.2. The summed E-state index contributed by atoms with van der Waals surface area (Å²) in [5.41, 5.74) is -1.38. The quantitative estimate of drug-likeness (QED) is 0.424. The molecule has 4 aliphatic carbocycles. The summed E-state index contributed by atoms with van der Waals surface area (Å²) in [6.45, 7) is 5.05. The van der Waals surface area contributed by atoms with Crippen molar-refractivity contribution in [3.63, 3.8) is 0 Å². The van der Waals surface area contributed by atoms with Crippen LogP contribution in [0.5, 0.6) is 0 Å². The third kappa shape index (κ3) is 3.35. The van der Waals surface area contributed by atoms with Crippen molar-refractivity contribution >= 4 is 5.78 Å². The fraction of sp³-hybridized carbons (Fsp3) is 0.875. The fourth-order valence-electron chi connectivity index (χ4n) is 7.74. The molecule has 0 radical (unpaired) electrons. The van der Waals surface area contributed by atoms with Crippen molar-refractivity contribution in [3.8, 4) is 0 Å². The Morgan fingerprint density at radius 1 is 1.16 bits per heavy atom. The summed E-state index contributed by atoms with van der Waals surface area (Å²) < 4.78 is 0. The second kappa shape index (κ2) is 7.89. The Morgan fingerprint density at radius 2 is 1.87 bits per heavy atom. The van der Waals surface area contributed by atoms with E-state index in [0.717, 1.165) is 18.4 Å². The van der Waals surface area contributed by atoms with Crippen LogP contribution in [0.3, 0.4) is 0 Å². The molecule has 31 heavy (non-hydrogen) atoms. The van der Waals surface area contributed by atoms with E-state index >= 15 is 0 Å². The van der Waals surface area contributed by atoms with Crippen LogP contribution in [0.15, 0.2) is 11.6 Å². The van der Waals surface area contributed by atoms with E-state index in [-0.39, 0.29) is 36.6 Å². The topological polar surface area (TPSA) is 121 Å². The van der Waals surface area contributed by atoms with Crippen molar-refractivity contribution in [2.24, 2.45) is 28.6 Å². The van der Waals surface area contributed by atoms with Crippen LogP contribution < -0.4 is 0 Å². The van der Waals surface area contributed by atoms with Crippen LogP contribution in [-0.4, -0.2) is 86.9 Å². The summed E-state index contributed by atoms with van der Waals surface area (Å²) in [4.78, 5) is 15.1. The van der Waals surface area contributed by atoms with Crippen LogP contribution in [0.1, 0.15) is 52.4 Å². The molecule has 4 aliphatic rings. The minimum atomic E-state index is -1.15. The molecule has 5 N–H and O–H groups in total. The number of rotatable bonds is 5. The minimum absolute atomic E-state index is 0.0108. The number of nitrogens with zero attached hydrogens (tertiary/aromatic N) is 1. The Hall–Kier alpha value is -0.830. The first-order valence-electron chi connectivity index (χ1n) is 11.8. The average molecular weight is 438 g/mol. The van der Waals surface area contributed by atoms with Crippen LogP contribution in [0.4, 0.5) is 0 Å². The number of allylic oxidation sites excluding steroid dienone is 1. The molecule has 176 valence electrons. The lowest BCUT2D eigenvalue weighted by atomic mass is 9.46. The van der Waals surface area contributed by atoms with Gasteiger partial charge in [-0.25, -0.2) is 0 Å². The Morgan fingerprint density at radius 3 is 2.55 bits per heavy atom. The highest BCUT2D eigenvalue weighted by molar-refractivity contribution is 5.95. The van der Waals surface area contributed by atoms with E-state index in [0.29, 0.717) is 32.4 Å². The van der Waals surface area contributed by atoms with Gasteiger partial charge in [0.25, 0.3) is 0 Å². The lowest BCUT2D eigenvalue weighted by Crippen LogP contribution is -2.61. The first-order valence-corrected chi connectivity index (χ1v) is 11.8. The maximum absolute atomic E-state index is 13.1. The van der Waals surface area contributed by atoms with E-state index < -0.39 is 34.7 Å². The van der Waals surface area contributed by atoms with Gasteiger partial charge in [0.05, 0.1) is 30.5 Å². The van der Waals surface area contributed by atoms with Gasteiger partial charge in [0.15, 0.2) is 5.78 Å². The van der Waals surface area contributed by atoms with Gasteiger partial charge >= 0.3 is 0 Å². The number of hydrogen-bond donors (Lipinski definition) is 5. The molecule has 0 bridgehead atoms. The van der Waals surface area contributed by atoms with E-state index in [1.807, 2.05) is 18.9 Å². The molecule has 7 heteroatoms. The highest BCUT2D eigenvalue weighted by Crippen LogP contribution is 2.67. The smallest absolute Gasteiger partial charge is 0.159 e. The van der Waals surface area contributed by atoms with Crippen molar-refractivity contribution in [1.29, 1.82) is 0 Å². The van der Waals surface area contributed by atoms with Crippen LogP contribution in [0.2, 0.25) is 0 Å². The largest absolute Gasteiger partial charge is 0.395 e. The molecule has 0 aromatic heterocycles. The van der Waals surface area contributed by atoms with Gasteiger partial charge in [0.2, 0.25) is 0 Å². The lowest BCUT2D eigenvalue weighted by molar-refractivity contribution is -0.155. The number of hydrogen-bond acceptors (Lipinski definition) is 7. The number of carbonyl (C=O) groups is 1. The number of ketones is 1. The monoisotopic (exact) mass is 437 g/mol. The number of likely N-dealkylation sites (N-methyl/N-ethyl adjacent to an activating group) is 1. The standard InChI is InChI=1S/C24H39NO6/c1-22-12-20(29)19(28)11-17(22)18(27)10-16-14(22)4-6-23(2)15(5-7-24(16,23)31)21(30)13-25(3)8-9-26/h10,14-15,17,19-21,26,28-31H,4-9,11-13H2,1-3H3/t14?,15-,17+,19-,20+,21-,22-,23-,24-/m1/s1. The molecular formula is C24H39NO6. The van der Waals surface area contributed by atoms with Crippen LogP contribution >= 0.6 is 0 Å². The maximum Gasteiger partial charge on any atom is 0.159 e. The van der Waals surface area contributed by atoms with Crippen molar-refractivity contribution in [1.82, 2.24) is 4.90 Å². The zero-order chi connectivity index (χ0) is 22.8. The number of aliphatic hydroxyl groups is 5. The summed E-state index contributed by atoms with van der Waals surface area (Å²) in [6.07, 6.45) is 2.65. The van der Waals surface area contributed by atoms with E-state index in [9.17, 15) is 25.2 Å². The molecule has 0 aromatic rings. The van der Waals surface area contributed by atoms with Gasteiger partial charge in [-0.05, 0) is 74.5 Å². The van der Waals surface area contributed by atoms with Gasteiger partial charge in [0, 0.05) is 24.4 Å². The zero-order valence-corrected chi connectivity index (χ0v) is 19.0. The van der Waals surface area contributed by atoms with E-state index in [1.54, 1.807) is 6.08 Å². The van der Waals surface area contributed by atoms with Gasteiger partial charge < -0.3 is 30.4 Å². The molecule has 9 atom stereocenters. The molecule has 0 heterocycles. The lowest BCUT2D eigenvalue weighted by Gasteiger charge is -2.60. The third-order valence-electron chi connectivity index (χ3n) is 9.63. The first-order chi connectivity index (χ1) is 14.5. The molecular weight excluding hydrogens is 398 g/mol. The Bertz CT molecular complexity index is 756. The molecule has 0 amide bonds. The second-order valence-corrected chi connectivity index (χ2v) is 11.2. The molecule has 3 saturated carbocycles. The summed E-state index contributed by atoms with van der Waals surface area (Å²) in [5, 5.41) is 52.8. The summed E-state index contributed by atoms with van der Waals surface area (Å²) in [7, 11) is 1.87. The number of carbonyl (C=O) groups excluding carboxylic acids is 1. The molecule has 0 spiro atoms. The number of fused-ring (bicyclic) bond motifs is 5. The zero-order valence-electron chi connectivity index (χ0n) is 19.0. The average Bonchev–Trinajstić information content (AvgIpc) is 2.96. The van der Waals surface area contributed by atoms with Gasteiger partial charge in [-0.1, -0.05) is 13.8 Å². The first kappa shape index (κ1) is 23.3. The van der Waals surface area contributed by atoms with E-state index in [4.69, 9.17) is 5.11 Å². The van der Waals surface area contributed by atoms with Gasteiger partial charge in [0.1, 0.15) is 0 Å². The van der Waals surface area contributed by atoms with Crippen LogP contribution in [0, 0.1) is 28.6 Å². The highest BCUT2D eigenvalue weighted by Gasteiger charge is 2.67. The normalized spacial score (nSPS) is 48.1. The van der Waals surface area contributed by atoms with Gasteiger partial charge in [-0.15, -0.1) is 0 Å². The van der Waals surface area contributed by atoms with E-state index in [1.165, 1.54) is 0 Å². The Labute approximate surface area is 184 Å². The Balaban J connectivity index is 1.65. The van der Waals surface area contributed by atoms with Crippen molar-refractivity contribution in [2.75, 3.05) is 26.7 Å². The molecule has 1 unspecified atom stereocenters. The molecule has 0 saturated heterocycles. The summed E-state index contributed by atoms with van der Waals surface area (Å²) in [6, 6.07) is 0. The fourth-order valence-corrected chi connectivity index (χ4v) is 7.74. The maximum atomic E-state index is 13.1. The summed E-state index contributed by atoms with van der Waals surface area (Å²) >= 11 is 0.